The zero-order valence-corrected chi connectivity index (χ0v) is 14.3. The number of carboxylic acids is 1. The summed E-state index contributed by atoms with van der Waals surface area (Å²) in [5.41, 5.74) is 0.847. The van der Waals surface area contributed by atoms with Crippen LogP contribution in [0.25, 0.3) is 0 Å². The van der Waals surface area contributed by atoms with E-state index in [-0.39, 0.29) is 24.5 Å². The predicted molar refractivity (Wildman–Crippen MR) is 85.5 cm³/mol. The van der Waals surface area contributed by atoms with Gasteiger partial charge in [0.1, 0.15) is 18.3 Å². The number of aliphatic carboxylic acids is 1. The molecule has 3 atom stereocenters. The molecule has 3 unspecified atom stereocenters. The second-order valence-corrected chi connectivity index (χ2v) is 6.80. The van der Waals surface area contributed by atoms with Gasteiger partial charge in [-0.2, -0.15) is 0 Å². The molecule has 1 fully saturated rings. The van der Waals surface area contributed by atoms with E-state index < -0.39 is 11.9 Å². The largest absolute Gasteiger partial charge is 0.492 e. The van der Waals surface area contributed by atoms with E-state index in [9.17, 15) is 9.59 Å². The van der Waals surface area contributed by atoms with Crippen LogP contribution in [0.1, 0.15) is 24.3 Å². The van der Waals surface area contributed by atoms with E-state index in [1.54, 1.807) is 12.0 Å². The number of methoxy groups -OCH3 is 1. The van der Waals surface area contributed by atoms with E-state index >= 15 is 0 Å². The van der Waals surface area contributed by atoms with Crippen molar-refractivity contribution in [2.24, 2.45) is 0 Å². The van der Waals surface area contributed by atoms with Gasteiger partial charge in [0.25, 0.3) is 0 Å². The zero-order valence-electron chi connectivity index (χ0n) is 12.7. The number of carbonyl (C=O) groups is 2. The minimum absolute atomic E-state index is 0.0650. The molecule has 0 radical (unpaired) electrons. The third-order valence-electron chi connectivity index (χ3n) is 4.45. The first-order chi connectivity index (χ1) is 11.0. The summed E-state index contributed by atoms with van der Waals surface area (Å²) in [5, 5.41) is 9.08. The number of amides is 1. The first kappa shape index (κ1) is 16.3. The lowest BCUT2D eigenvalue weighted by atomic mass is 9.99. The summed E-state index contributed by atoms with van der Waals surface area (Å²) in [6.45, 7) is 0.714. The highest BCUT2D eigenvalue weighted by Gasteiger charge is 2.41. The summed E-state index contributed by atoms with van der Waals surface area (Å²) < 4.78 is 11.8. The normalized spacial score (nSPS) is 26.0. The molecular weight excluding hydrogens is 366 g/mol. The van der Waals surface area contributed by atoms with Crippen LogP contribution in [0.5, 0.6) is 5.75 Å². The molecule has 6 nitrogen and oxygen atoms in total. The molecule has 124 valence electrons. The van der Waals surface area contributed by atoms with Crippen LogP contribution in [0.2, 0.25) is 0 Å². The smallest absolute Gasteiger partial charge is 0.305 e. The Balaban J connectivity index is 1.82. The number of halogens is 1. The van der Waals surface area contributed by atoms with Crippen molar-refractivity contribution in [3.05, 3.63) is 28.2 Å². The third-order valence-corrected chi connectivity index (χ3v) is 4.95. The van der Waals surface area contributed by atoms with Crippen molar-refractivity contribution in [1.29, 1.82) is 0 Å². The van der Waals surface area contributed by atoms with Crippen molar-refractivity contribution in [1.82, 2.24) is 4.90 Å². The van der Waals surface area contributed by atoms with E-state index in [0.717, 1.165) is 10.0 Å². The summed E-state index contributed by atoms with van der Waals surface area (Å²) in [5.74, 6) is -0.679. The molecule has 1 aromatic carbocycles. The Morgan fingerprint density at radius 2 is 2.26 bits per heavy atom. The highest BCUT2D eigenvalue weighted by Crippen LogP contribution is 2.38. The maximum Gasteiger partial charge on any atom is 0.305 e. The summed E-state index contributed by atoms with van der Waals surface area (Å²) in [6.07, 6.45) is 0.366. The number of nitrogens with zero attached hydrogens (tertiary/aromatic N) is 1. The quantitative estimate of drug-likeness (QED) is 0.860. The highest BCUT2D eigenvalue weighted by atomic mass is 79.9. The molecular formula is C16H18BrNO5. The molecule has 0 spiro atoms. The Morgan fingerprint density at radius 3 is 2.96 bits per heavy atom. The summed E-state index contributed by atoms with van der Waals surface area (Å²) in [7, 11) is 1.58. The van der Waals surface area contributed by atoms with Crippen molar-refractivity contribution >= 4 is 27.8 Å². The van der Waals surface area contributed by atoms with Gasteiger partial charge in [0.2, 0.25) is 5.91 Å². The molecule has 0 aromatic heterocycles. The Morgan fingerprint density at radius 1 is 1.48 bits per heavy atom. The van der Waals surface area contributed by atoms with Gasteiger partial charge in [0, 0.05) is 29.7 Å². The maximum absolute atomic E-state index is 13.0. The molecule has 0 saturated carbocycles. The zero-order chi connectivity index (χ0) is 16.6. The van der Waals surface area contributed by atoms with Crippen LogP contribution in [-0.4, -0.2) is 54.3 Å². The first-order valence-corrected chi connectivity index (χ1v) is 8.26. The molecule has 1 N–H and O–H groups in total. The van der Waals surface area contributed by atoms with Gasteiger partial charge in [0.15, 0.2) is 0 Å². The number of hydrogen-bond donors (Lipinski definition) is 1. The van der Waals surface area contributed by atoms with Crippen LogP contribution in [0.15, 0.2) is 22.7 Å². The standard InChI is InChI=1S/C16H18BrNO5/c1-22-11-5-10(6-15(19)20)18(7-11)16(21)13-8-23-14-3-2-9(17)4-12(13)14/h2-4,10-11,13H,5-8H2,1H3,(H,19,20). The highest BCUT2D eigenvalue weighted by molar-refractivity contribution is 9.10. The van der Waals surface area contributed by atoms with E-state index in [0.29, 0.717) is 25.3 Å². The third kappa shape index (κ3) is 3.21. The van der Waals surface area contributed by atoms with Crippen molar-refractivity contribution in [3.63, 3.8) is 0 Å². The molecule has 7 heteroatoms. The van der Waals surface area contributed by atoms with Crippen LogP contribution in [0, 0.1) is 0 Å². The number of hydrogen-bond acceptors (Lipinski definition) is 4. The fourth-order valence-electron chi connectivity index (χ4n) is 3.30. The molecule has 2 aliphatic rings. The molecule has 3 rings (SSSR count). The Labute approximate surface area is 142 Å². The molecule has 23 heavy (non-hydrogen) atoms. The van der Waals surface area contributed by atoms with Gasteiger partial charge in [-0.3, -0.25) is 9.59 Å². The maximum atomic E-state index is 13.0. The van der Waals surface area contributed by atoms with Crippen LogP contribution >= 0.6 is 15.9 Å². The van der Waals surface area contributed by atoms with Gasteiger partial charge in [-0.1, -0.05) is 15.9 Å². The fourth-order valence-corrected chi connectivity index (χ4v) is 3.68. The number of benzene rings is 1. The Kier molecular flexibility index (Phi) is 4.59. The number of carbonyl (C=O) groups excluding carboxylic acids is 1. The van der Waals surface area contributed by atoms with E-state index in [2.05, 4.69) is 15.9 Å². The molecule has 0 bridgehead atoms. The van der Waals surface area contributed by atoms with Crippen molar-refractivity contribution in [2.75, 3.05) is 20.3 Å². The number of ether oxygens (including phenoxy) is 2. The number of likely N-dealkylation sites (tertiary alicyclic amines) is 1. The monoisotopic (exact) mass is 383 g/mol. The summed E-state index contributed by atoms with van der Waals surface area (Å²) in [4.78, 5) is 25.7. The lowest BCUT2D eigenvalue weighted by Gasteiger charge is -2.25. The van der Waals surface area contributed by atoms with Gasteiger partial charge in [-0.25, -0.2) is 0 Å². The lowest BCUT2D eigenvalue weighted by Crippen LogP contribution is -2.40. The lowest BCUT2D eigenvalue weighted by molar-refractivity contribution is -0.140. The average Bonchev–Trinajstić information content (AvgIpc) is 3.09. The first-order valence-electron chi connectivity index (χ1n) is 7.47. The van der Waals surface area contributed by atoms with Crippen molar-refractivity contribution in [3.8, 4) is 5.75 Å². The predicted octanol–water partition coefficient (Wildman–Crippen LogP) is 2.02. The minimum atomic E-state index is -0.907. The average molecular weight is 384 g/mol. The van der Waals surface area contributed by atoms with Crippen LogP contribution in [0.3, 0.4) is 0 Å². The van der Waals surface area contributed by atoms with Gasteiger partial charge in [0.05, 0.1) is 12.5 Å². The molecule has 2 aliphatic heterocycles. The summed E-state index contributed by atoms with van der Waals surface area (Å²) in [6, 6.07) is 5.27. The van der Waals surface area contributed by atoms with Crippen molar-refractivity contribution in [2.45, 2.75) is 30.9 Å². The minimum Gasteiger partial charge on any atom is -0.492 e. The summed E-state index contributed by atoms with van der Waals surface area (Å²) >= 11 is 3.41. The van der Waals surface area contributed by atoms with Gasteiger partial charge < -0.3 is 19.5 Å². The second-order valence-electron chi connectivity index (χ2n) is 5.88. The number of rotatable bonds is 4. The fraction of sp³-hybridized carbons (Fsp3) is 0.500. The Hall–Kier alpha value is -1.60. The second kappa shape index (κ2) is 6.49. The Bertz CT molecular complexity index is 635. The molecule has 0 aliphatic carbocycles. The van der Waals surface area contributed by atoms with E-state index in [4.69, 9.17) is 14.6 Å². The van der Waals surface area contributed by atoms with E-state index in [1.807, 2.05) is 18.2 Å². The van der Waals surface area contributed by atoms with Gasteiger partial charge in [-0.05, 0) is 24.6 Å². The van der Waals surface area contributed by atoms with Gasteiger partial charge >= 0.3 is 5.97 Å². The van der Waals surface area contributed by atoms with E-state index in [1.165, 1.54) is 0 Å². The molecule has 1 amide bonds. The van der Waals surface area contributed by atoms with Crippen LogP contribution in [-0.2, 0) is 14.3 Å². The topological polar surface area (TPSA) is 76.1 Å². The molecule has 1 aromatic rings. The number of carboxylic acid groups (broad SMARTS) is 1. The SMILES string of the molecule is COC1CC(CC(=O)O)N(C(=O)C2COc3ccc(Br)cc32)C1. The van der Waals surface area contributed by atoms with Gasteiger partial charge in [-0.15, -0.1) is 0 Å². The molecule has 1 saturated heterocycles. The molecule has 2 heterocycles. The van der Waals surface area contributed by atoms with Crippen LogP contribution < -0.4 is 4.74 Å². The van der Waals surface area contributed by atoms with Crippen LogP contribution in [0.4, 0.5) is 0 Å². The number of fused-ring (bicyclic) bond motifs is 1. The van der Waals surface area contributed by atoms with Crippen molar-refractivity contribution < 1.29 is 24.2 Å².